The van der Waals surface area contributed by atoms with Crippen LogP contribution < -0.4 is 10.2 Å². The van der Waals surface area contributed by atoms with Gasteiger partial charge in [0.1, 0.15) is 0 Å². The number of hydrogen-bond acceptors (Lipinski definition) is 4. The van der Waals surface area contributed by atoms with E-state index in [4.69, 9.17) is 0 Å². The Kier molecular flexibility index (Phi) is 5.28. The highest BCUT2D eigenvalue weighted by atomic mass is 15.2. The normalized spacial score (nSPS) is 10.7. The summed E-state index contributed by atoms with van der Waals surface area (Å²) in [5, 5.41) is 3.39. The third kappa shape index (κ3) is 4.02. The van der Waals surface area contributed by atoms with Crippen LogP contribution in [-0.4, -0.2) is 23.6 Å². The van der Waals surface area contributed by atoms with Crippen molar-refractivity contribution in [3.63, 3.8) is 0 Å². The molecule has 0 aliphatic carbocycles. The minimum Gasteiger partial charge on any atom is -0.314 e. The van der Waals surface area contributed by atoms with E-state index in [2.05, 4.69) is 53.4 Å². The van der Waals surface area contributed by atoms with E-state index in [1.54, 1.807) is 0 Å². The highest BCUT2D eigenvalue weighted by Crippen LogP contribution is 2.21. The number of nitrogens with zero attached hydrogens (tertiary/aromatic N) is 3. The maximum absolute atomic E-state index is 4.63. The van der Waals surface area contributed by atoms with Crippen molar-refractivity contribution in [2.24, 2.45) is 0 Å². The van der Waals surface area contributed by atoms with Crippen LogP contribution in [0.5, 0.6) is 0 Å². The molecule has 1 heterocycles. The van der Waals surface area contributed by atoms with Crippen molar-refractivity contribution >= 4 is 11.6 Å². The van der Waals surface area contributed by atoms with E-state index in [0.717, 1.165) is 42.4 Å². The summed E-state index contributed by atoms with van der Waals surface area (Å²) in [5.74, 6) is 0.734. The molecule has 0 bridgehead atoms. The minimum absolute atomic E-state index is 0.734. The lowest BCUT2D eigenvalue weighted by molar-refractivity contribution is 0.668. The molecule has 0 radical (unpaired) electrons. The Morgan fingerprint density at radius 2 is 2.05 bits per heavy atom. The smallest absolute Gasteiger partial charge is 0.229 e. The maximum atomic E-state index is 4.63. The Bertz CT molecular complexity index is 595. The van der Waals surface area contributed by atoms with E-state index in [1.807, 2.05) is 25.1 Å². The quantitative estimate of drug-likeness (QED) is 0.826. The van der Waals surface area contributed by atoms with Gasteiger partial charge in [-0.05, 0) is 44.5 Å². The van der Waals surface area contributed by atoms with Gasteiger partial charge < -0.3 is 10.2 Å². The summed E-state index contributed by atoms with van der Waals surface area (Å²) in [6.07, 6.45) is 3.06. The molecule has 0 unspecified atom stereocenters. The van der Waals surface area contributed by atoms with Crippen LogP contribution in [0.25, 0.3) is 0 Å². The molecule has 4 nitrogen and oxygen atoms in total. The lowest BCUT2D eigenvalue weighted by Crippen LogP contribution is -2.18. The predicted octanol–water partition coefficient (Wildman–Crippen LogP) is 3.36. The Labute approximate surface area is 127 Å². The lowest BCUT2D eigenvalue weighted by Gasteiger charge is -2.18. The topological polar surface area (TPSA) is 41.1 Å². The first-order valence-electron chi connectivity index (χ1n) is 7.45. The van der Waals surface area contributed by atoms with E-state index in [0.29, 0.717) is 0 Å². The second-order valence-corrected chi connectivity index (χ2v) is 5.36. The Morgan fingerprint density at radius 3 is 2.71 bits per heavy atom. The van der Waals surface area contributed by atoms with E-state index >= 15 is 0 Å². The molecular weight excluding hydrogens is 260 g/mol. The van der Waals surface area contributed by atoms with Crippen molar-refractivity contribution < 1.29 is 0 Å². The molecule has 0 saturated heterocycles. The zero-order valence-electron chi connectivity index (χ0n) is 13.3. The fourth-order valence-corrected chi connectivity index (χ4v) is 2.17. The largest absolute Gasteiger partial charge is 0.314 e. The van der Waals surface area contributed by atoms with Crippen LogP contribution in [0.1, 0.15) is 30.2 Å². The molecule has 112 valence electrons. The van der Waals surface area contributed by atoms with Crippen LogP contribution in [0.2, 0.25) is 0 Å². The zero-order valence-corrected chi connectivity index (χ0v) is 13.3. The van der Waals surface area contributed by atoms with Crippen LogP contribution in [0.3, 0.4) is 0 Å². The van der Waals surface area contributed by atoms with Gasteiger partial charge in [-0.1, -0.05) is 19.1 Å². The summed E-state index contributed by atoms with van der Waals surface area (Å²) in [4.78, 5) is 11.1. The second kappa shape index (κ2) is 7.18. The van der Waals surface area contributed by atoms with Gasteiger partial charge >= 0.3 is 0 Å². The number of aryl methyl sites for hydroxylation is 2. The molecule has 1 aromatic heterocycles. The maximum Gasteiger partial charge on any atom is 0.229 e. The molecule has 0 aliphatic heterocycles. The number of benzene rings is 1. The van der Waals surface area contributed by atoms with Crippen LogP contribution in [-0.2, 0) is 6.54 Å². The molecule has 0 atom stereocenters. The summed E-state index contributed by atoms with van der Waals surface area (Å²) in [7, 11) is 2.00. The van der Waals surface area contributed by atoms with Crippen molar-refractivity contribution in [1.29, 1.82) is 0 Å². The first-order valence-corrected chi connectivity index (χ1v) is 7.45. The summed E-state index contributed by atoms with van der Waals surface area (Å²) < 4.78 is 0. The summed E-state index contributed by atoms with van der Waals surface area (Å²) in [6.45, 7) is 8.14. The van der Waals surface area contributed by atoms with Gasteiger partial charge in [0.2, 0.25) is 5.95 Å². The van der Waals surface area contributed by atoms with E-state index < -0.39 is 0 Å². The van der Waals surface area contributed by atoms with E-state index in [-0.39, 0.29) is 0 Å². The predicted molar refractivity (Wildman–Crippen MR) is 88.0 cm³/mol. The molecule has 2 rings (SSSR count). The van der Waals surface area contributed by atoms with Crippen LogP contribution in [0.4, 0.5) is 11.6 Å². The first kappa shape index (κ1) is 15.4. The fraction of sp³-hybridized carbons (Fsp3) is 0.412. The van der Waals surface area contributed by atoms with Gasteiger partial charge in [0.15, 0.2) is 0 Å². The molecule has 1 N–H and O–H groups in total. The number of nitrogens with one attached hydrogen (secondary N) is 1. The lowest BCUT2D eigenvalue weighted by atomic mass is 10.2. The zero-order chi connectivity index (χ0) is 15.2. The molecule has 0 saturated carbocycles. The van der Waals surface area contributed by atoms with Crippen molar-refractivity contribution in [2.75, 3.05) is 18.5 Å². The van der Waals surface area contributed by atoms with Crippen molar-refractivity contribution in [3.05, 3.63) is 47.3 Å². The van der Waals surface area contributed by atoms with Gasteiger partial charge in [-0.15, -0.1) is 0 Å². The van der Waals surface area contributed by atoms with Crippen LogP contribution in [0, 0.1) is 13.8 Å². The number of anilines is 2. The molecule has 1 aromatic carbocycles. The van der Waals surface area contributed by atoms with Gasteiger partial charge in [0.05, 0.1) is 0 Å². The Morgan fingerprint density at radius 1 is 1.24 bits per heavy atom. The minimum atomic E-state index is 0.734. The van der Waals surface area contributed by atoms with Crippen molar-refractivity contribution in [3.8, 4) is 0 Å². The average Bonchev–Trinajstić information content (AvgIpc) is 2.48. The molecule has 0 spiro atoms. The summed E-state index contributed by atoms with van der Waals surface area (Å²) in [5.41, 5.74) is 4.52. The van der Waals surface area contributed by atoms with Gasteiger partial charge in [-0.2, -0.15) is 0 Å². The standard InChI is InChI=1S/C17H24N4/c1-5-9-18-11-15-12-19-17(20-14(15)3)21(4)16-8-6-7-13(2)10-16/h6-8,10,12,18H,5,9,11H2,1-4H3. The Hall–Kier alpha value is -1.94. The highest BCUT2D eigenvalue weighted by Gasteiger charge is 2.09. The molecular formula is C17H24N4. The number of hydrogen-bond donors (Lipinski definition) is 1. The first-order chi connectivity index (χ1) is 10.1. The average molecular weight is 284 g/mol. The van der Waals surface area contributed by atoms with Gasteiger partial charge in [0, 0.05) is 36.7 Å². The Balaban J connectivity index is 2.15. The molecule has 0 fully saturated rings. The number of aromatic nitrogens is 2. The van der Waals surface area contributed by atoms with Gasteiger partial charge in [0.25, 0.3) is 0 Å². The molecule has 2 aromatic rings. The molecule has 21 heavy (non-hydrogen) atoms. The molecule has 4 heteroatoms. The van der Waals surface area contributed by atoms with Crippen molar-refractivity contribution in [2.45, 2.75) is 33.7 Å². The van der Waals surface area contributed by atoms with Crippen LogP contribution in [0.15, 0.2) is 30.5 Å². The van der Waals surface area contributed by atoms with E-state index in [9.17, 15) is 0 Å². The van der Waals surface area contributed by atoms with Crippen LogP contribution >= 0.6 is 0 Å². The third-order valence-corrected chi connectivity index (χ3v) is 3.50. The highest BCUT2D eigenvalue weighted by molar-refractivity contribution is 5.57. The van der Waals surface area contributed by atoms with Crippen molar-refractivity contribution in [1.82, 2.24) is 15.3 Å². The molecule has 0 aliphatic rings. The summed E-state index contributed by atoms with van der Waals surface area (Å²) in [6, 6.07) is 8.35. The monoisotopic (exact) mass is 284 g/mol. The number of rotatable bonds is 6. The van der Waals surface area contributed by atoms with Gasteiger partial charge in [-0.25, -0.2) is 9.97 Å². The SMILES string of the molecule is CCCNCc1cnc(N(C)c2cccc(C)c2)nc1C. The third-order valence-electron chi connectivity index (χ3n) is 3.50. The van der Waals surface area contributed by atoms with E-state index in [1.165, 1.54) is 5.56 Å². The second-order valence-electron chi connectivity index (χ2n) is 5.36. The summed E-state index contributed by atoms with van der Waals surface area (Å²) >= 11 is 0. The fourth-order valence-electron chi connectivity index (χ4n) is 2.17. The van der Waals surface area contributed by atoms with Gasteiger partial charge in [-0.3, -0.25) is 0 Å². The molecule has 0 amide bonds.